The molecule has 0 saturated heterocycles. The lowest BCUT2D eigenvalue weighted by atomic mass is 9.91. The fraction of sp³-hybridized carbons (Fsp3) is 0.143. The minimum absolute atomic E-state index is 0. The van der Waals surface area contributed by atoms with E-state index in [0.29, 0.717) is 13.2 Å². The molecular formula is C21H22ClNO. The Morgan fingerprint density at radius 3 is 1.83 bits per heavy atom. The van der Waals surface area contributed by atoms with Gasteiger partial charge < -0.3 is 10.5 Å². The molecule has 0 bridgehead atoms. The number of benzene rings is 3. The summed E-state index contributed by atoms with van der Waals surface area (Å²) >= 11 is 0. The highest BCUT2D eigenvalue weighted by atomic mass is 35.5. The average molecular weight is 340 g/mol. The molecule has 0 aliphatic carbocycles. The Morgan fingerprint density at radius 1 is 0.708 bits per heavy atom. The summed E-state index contributed by atoms with van der Waals surface area (Å²) in [5.74, 6) is 1.10. The quantitative estimate of drug-likeness (QED) is 0.701. The van der Waals surface area contributed by atoms with Crippen molar-refractivity contribution in [3.05, 3.63) is 102 Å². The smallest absolute Gasteiger partial charge is 0.119 e. The van der Waals surface area contributed by atoms with Crippen LogP contribution in [0, 0.1) is 0 Å². The SMILES string of the molecule is Cl.NCC(c1ccccc1)c1ccc(OCc2ccccc2)cc1. The maximum Gasteiger partial charge on any atom is 0.119 e. The van der Waals surface area contributed by atoms with E-state index in [2.05, 4.69) is 48.5 Å². The van der Waals surface area contributed by atoms with E-state index < -0.39 is 0 Å². The fourth-order valence-corrected chi connectivity index (χ4v) is 2.69. The number of rotatable bonds is 6. The largest absolute Gasteiger partial charge is 0.489 e. The molecule has 0 aliphatic heterocycles. The molecule has 0 radical (unpaired) electrons. The lowest BCUT2D eigenvalue weighted by Gasteiger charge is -2.16. The van der Waals surface area contributed by atoms with Gasteiger partial charge in [-0.2, -0.15) is 0 Å². The monoisotopic (exact) mass is 339 g/mol. The average Bonchev–Trinajstić information content (AvgIpc) is 2.63. The van der Waals surface area contributed by atoms with Gasteiger partial charge in [-0.05, 0) is 28.8 Å². The maximum atomic E-state index is 5.98. The van der Waals surface area contributed by atoms with E-state index in [9.17, 15) is 0 Å². The summed E-state index contributed by atoms with van der Waals surface area (Å²) in [5, 5.41) is 0. The van der Waals surface area contributed by atoms with E-state index in [1.807, 2.05) is 36.4 Å². The second-order valence-corrected chi connectivity index (χ2v) is 5.54. The molecule has 0 amide bonds. The third-order valence-electron chi connectivity index (χ3n) is 3.97. The molecule has 124 valence electrons. The van der Waals surface area contributed by atoms with Crippen molar-refractivity contribution in [2.75, 3.05) is 6.54 Å². The molecule has 3 heteroatoms. The van der Waals surface area contributed by atoms with Crippen molar-refractivity contribution in [2.45, 2.75) is 12.5 Å². The van der Waals surface area contributed by atoms with Crippen LogP contribution in [0.2, 0.25) is 0 Å². The Morgan fingerprint density at radius 2 is 1.25 bits per heavy atom. The highest BCUT2D eigenvalue weighted by molar-refractivity contribution is 5.85. The van der Waals surface area contributed by atoms with Gasteiger partial charge in [0.2, 0.25) is 0 Å². The van der Waals surface area contributed by atoms with Crippen molar-refractivity contribution in [1.29, 1.82) is 0 Å². The van der Waals surface area contributed by atoms with Gasteiger partial charge in [-0.3, -0.25) is 0 Å². The molecule has 0 saturated carbocycles. The topological polar surface area (TPSA) is 35.2 Å². The van der Waals surface area contributed by atoms with Gasteiger partial charge in [0.1, 0.15) is 12.4 Å². The van der Waals surface area contributed by atoms with Gasteiger partial charge in [-0.15, -0.1) is 12.4 Å². The molecule has 3 rings (SSSR count). The summed E-state index contributed by atoms with van der Waals surface area (Å²) in [7, 11) is 0. The van der Waals surface area contributed by atoms with Gasteiger partial charge in [0, 0.05) is 12.5 Å². The van der Waals surface area contributed by atoms with Crippen molar-refractivity contribution in [1.82, 2.24) is 0 Å². The van der Waals surface area contributed by atoms with Gasteiger partial charge in [-0.25, -0.2) is 0 Å². The Bertz CT molecular complexity index is 714. The normalized spacial score (nSPS) is 11.4. The summed E-state index contributed by atoms with van der Waals surface area (Å²) in [6.45, 7) is 1.17. The summed E-state index contributed by atoms with van der Waals surface area (Å²) in [6.07, 6.45) is 0. The second-order valence-electron chi connectivity index (χ2n) is 5.54. The predicted octanol–water partition coefficient (Wildman–Crippen LogP) is 4.78. The summed E-state index contributed by atoms with van der Waals surface area (Å²) in [6, 6.07) is 28.8. The first kappa shape index (κ1) is 18.1. The van der Waals surface area contributed by atoms with Gasteiger partial charge in [0.15, 0.2) is 0 Å². The molecule has 0 spiro atoms. The molecule has 1 unspecified atom stereocenters. The zero-order chi connectivity index (χ0) is 15.9. The first-order valence-corrected chi connectivity index (χ1v) is 7.88. The van der Waals surface area contributed by atoms with Crippen LogP contribution in [0.4, 0.5) is 0 Å². The summed E-state index contributed by atoms with van der Waals surface area (Å²) < 4.78 is 5.83. The molecule has 2 nitrogen and oxygen atoms in total. The van der Waals surface area contributed by atoms with Crippen LogP contribution in [0.1, 0.15) is 22.6 Å². The molecule has 3 aromatic rings. The molecule has 2 N–H and O–H groups in total. The zero-order valence-electron chi connectivity index (χ0n) is 13.5. The van der Waals surface area contributed by atoms with Crippen LogP contribution >= 0.6 is 12.4 Å². The van der Waals surface area contributed by atoms with Crippen LogP contribution in [0.15, 0.2) is 84.9 Å². The van der Waals surface area contributed by atoms with E-state index >= 15 is 0 Å². The van der Waals surface area contributed by atoms with Crippen LogP contribution in [0.25, 0.3) is 0 Å². The van der Waals surface area contributed by atoms with Gasteiger partial charge in [-0.1, -0.05) is 72.8 Å². The van der Waals surface area contributed by atoms with E-state index in [1.54, 1.807) is 0 Å². The van der Waals surface area contributed by atoms with Crippen molar-refractivity contribution >= 4 is 12.4 Å². The molecule has 0 fully saturated rings. The lowest BCUT2D eigenvalue weighted by molar-refractivity contribution is 0.306. The van der Waals surface area contributed by atoms with Gasteiger partial charge in [0.05, 0.1) is 0 Å². The molecule has 0 aromatic heterocycles. The summed E-state index contributed by atoms with van der Waals surface area (Å²) in [5.41, 5.74) is 9.60. The Kier molecular flexibility index (Phi) is 6.86. The third-order valence-corrected chi connectivity index (χ3v) is 3.97. The second kappa shape index (κ2) is 9.11. The Labute approximate surface area is 149 Å². The van der Waals surface area contributed by atoms with Crippen molar-refractivity contribution in [3.8, 4) is 5.75 Å². The Hall–Kier alpha value is -2.29. The molecule has 1 atom stereocenters. The first-order valence-electron chi connectivity index (χ1n) is 7.88. The van der Waals surface area contributed by atoms with Crippen molar-refractivity contribution in [2.24, 2.45) is 5.73 Å². The van der Waals surface area contributed by atoms with E-state index in [0.717, 1.165) is 5.75 Å². The number of halogens is 1. The third kappa shape index (κ3) is 4.60. The molecule has 0 aliphatic rings. The molecule has 0 heterocycles. The number of nitrogens with two attached hydrogens (primary N) is 1. The van der Waals surface area contributed by atoms with Crippen LogP contribution < -0.4 is 10.5 Å². The number of hydrogen-bond donors (Lipinski definition) is 1. The first-order chi connectivity index (χ1) is 11.4. The van der Waals surface area contributed by atoms with Crippen molar-refractivity contribution in [3.63, 3.8) is 0 Å². The van der Waals surface area contributed by atoms with E-state index in [4.69, 9.17) is 10.5 Å². The van der Waals surface area contributed by atoms with Crippen LogP contribution in [-0.4, -0.2) is 6.54 Å². The Balaban J connectivity index is 0.00000208. The van der Waals surface area contributed by atoms with E-state index in [-0.39, 0.29) is 18.3 Å². The predicted molar refractivity (Wildman–Crippen MR) is 102 cm³/mol. The van der Waals surface area contributed by atoms with Gasteiger partial charge >= 0.3 is 0 Å². The van der Waals surface area contributed by atoms with Gasteiger partial charge in [0.25, 0.3) is 0 Å². The van der Waals surface area contributed by atoms with Crippen LogP contribution in [-0.2, 0) is 6.61 Å². The maximum absolute atomic E-state index is 5.98. The number of ether oxygens (including phenoxy) is 1. The molecule has 3 aromatic carbocycles. The highest BCUT2D eigenvalue weighted by Gasteiger charge is 2.11. The lowest BCUT2D eigenvalue weighted by Crippen LogP contribution is -2.13. The number of hydrogen-bond acceptors (Lipinski definition) is 2. The fourth-order valence-electron chi connectivity index (χ4n) is 2.69. The van der Waals surface area contributed by atoms with E-state index in [1.165, 1.54) is 16.7 Å². The highest BCUT2D eigenvalue weighted by Crippen LogP contribution is 2.25. The summed E-state index contributed by atoms with van der Waals surface area (Å²) in [4.78, 5) is 0. The minimum Gasteiger partial charge on any atom is -0.489 e. The molecule has 24 heavy (non-hydrogen) atoms. The van der Waals surface area contributed by atoms with Crippen LogP contribution in [0.3, 0.4) is 0 Å². The zero-order valence-corrected chi connectivity index (χ0v) is 14.3. The van der Waals surface area contributed by atoms with Crippen LogP contribution in [0.5, 0.6) is 5.75 Å². The van der Waals surface area contributed by atoms with Crippen molar-refractivity contribution < 1.29 is 4.74 Å². The standard InChI is InChI=1S/C21H21NO.ClH/c22-15-21(18-9-5-2-6-10-18)19-11-13-20(14-12-19)23-16-17-7-3-1-4-8-17;/h1-14,21H,15-16,22H2;1H. The minimum atomic E-state index is 0. The molecular weight excluding hydrogens is 318 g/mol.